The van der Waals surface area contributed by atoms with E-state index in [1.54, 1.807) is 24.3 Å². The van der Waals surface area contributed by atoms with Crippen molar-refractivity contribution in [2.75, 3.05) is 5.32 Å². The first kappa shape index (κ1) is 21.4. The molecule has 0 aliphatic carbocycles. The Labute approximate surface area is 182 Å². The first-order chi connectivity index (χ1) is 14.5. The van der Waals surface area contributed by atoms with E-state index in [1.807, 2.05) is 68.4 Å². The van der Waals surface area contributed by atoms with Crippen LogP contribution in [-0.2, 0) is 9.53 Å². The van der Waals surface area contributed by atoms with E-state index in [-0.39, 0.29) is 5.92 Å². The lowest BCUT2D eigenvalue weighted by atomic mass is 9.88. The van der Waals surface area contributed by atoms with Gasteiger partial charge >= 0.3 is 5.97 Å². The first-order valence-corrected chi connectivity index (χ1v) is 10.1. The summed E-state index contributed by atoms with van der Waals surface area (Å²) in [5.74, 6) is -0.966. The highest BCUT2D eigenvalue weighted by atomic mass is 35.5. The molecule has 0 saturated carbocycles. The number of esters is 1. The number of nitrogens with one attached hydrogen (secondary N) is 1. The average Bonchev–Trinajstić information content (AvgIpc) is 2.73. The number of carbonyl (C=O) groups is 1. The molecule has 0 radical (unpaired) electrons. The zero-order valence-corrected chi connectivity index (χ0v) is 17.6. The van der Waals surface area contributed by atoms with Crippen molar-refractivity contribution < 1.29 is 9.53 Å². The zero-order chi connectivity index (χ0) is 21.5. The summed E-state index contributed by atoms with van der Waals surface area (Å²) in [7, 11) is 0. The summed E-state index contributed by atoms with van der Waals surface area (Å²) in [4.78, 5) is 13.0. The fraction of sp³-hybridized carbons (Fsp3) is 0.200. The van der Waals surface area contributed by atoms with Crippen molar-refractivity contribution in [1.82, 2.24) is 0 Å². The third-order valence-corrected chi connectivity index (χ3v) is 4.97. The van der Waals surface area contributed by atoms with Crippen LogP contribution in [0.15, 0.2) is 78.9 Å². The van der Waals surface area contributed by atoms with Crippen molar-refractivity contribution in [3.8, 4) is 6.07 Å². The maximum atomic E-state index is 13.0. The van der Waals surface area contributed by atoms with Crippen molar-refractivity contribution >= 4 is 28.9 Å². The minimum absolute atomic E-state index is 0.0126. The lowest BCUT2D eigenvalue weighted by molar-refractivity contribution is -0.150. The molecule has 3 rings (SSSR count). The Morgan fingerprint density at radius 3 is 2.27 bits per heavy atom. The van der Waals surface area contributed by atoms with Gasteiger partial charge < -0.3 is 10.1 Å². The summed E-state index contributed by atoms with van der Waals surface area (Å²) in [6.07, 6.45) is -1.00. The number of rotatable bonds is 7. The molecule has 30 heavy (non-hydrogen) atoms. The third kappa shape index (κ3) is 5.40. The number of para-hydroxylation sites is 1. The smallest absolute Gasteiger partial charge is 0.315 e. The molecule has 0 aromatic heterocycles. The van der Waals surface area contributed by atoms with Crippen molar-refractivity contribution in [2.45, 2.75) is 25.9 Å². The van der Waals surface area contributed by atoms with Crippen LogP contribution >= 0.6 is 11.6 Å². The van der Waals surface area contributed by atoms with Crippen LogP contribution in [0.25, 0.3) is 0 Å². The summed E-state index contributed by atoms with van der Waals surface area (Å²) in [6, 6.07) is 26.3. The van der Waals surface area contributed by atoms with E-state index in [2.05, 4.69) is 11.4 Å². The monoisotopic (exact) mass is 418 g/mol. The van der Waals surface area contributed by atoms with E-state index in [0.29, 0.717) is 10.6 Å². The van der Waals surface area contributed by atoms with Gasteiger partial charge in [0.2, 0.25) is 6.10 Å². The second-order valence-electron chi connectivity index (χ2n) is 7.34. The molecule has 0 amide bonds. The zero-order valence-electron chi connectivity index (χ0n) is 16.9. The minimum atomic E-state index is -1.00. The van der Waals surface area contributed by atoms with Crippen molar-refractivity contribution in [3.05, 3.63) is 95.0 Å². The summed E-state index contributed by atoms with van der Waals surface area (Å²) in [5.41, 5.74) is 3.13. The van der Waals surface area contributed by atoms with Gasteiger partial charge in [0.25, 0.3) is 0 Å². The molecule has 4 nitrogen and oxygen atoms in total. The van der Waals surface area contributed by atoms with Gasteiger partial charge in [-0.1, -0.05) is 67.9 Å². The molecule has 2 unspecified atom stereocenters. The lowest BCUT2D eigenvalue weighted by Gasteiger charge is -2.22. The number of hydrogen-bond donors (Lipinski definition) is 1. The maximum Gasteiger partial charge on any atom is 0.315 e. The van der Waals surface area contributed by atoms with Crippen LogP contribution in [0, 0.1) is 17.2 Å². The second kappa shape index (κ2) is 9.96. The number of nitrogens with zero attached hydrogens (tertiary/aromatic N) is 1. The number of carbonyl (C=O) groups excluding carboxylic acids is 1. The summed E-state index contributed by atoms with van der Waals surface area (Å²) in [5, 5.41) is 13.5. The van der Waals surface area contributed by atoms with Gasteiger partial charge in [-0.15, -0.1) is 0 Å². The van der Waals surface area contributed by atoms with E-state index < -0.39 is 18.0 Å². The van der Waals surface area contributed by atoms with Crippen LogP contribution in [-0.4, -0.2) is 5.97 Å². The number of benzene rings is 3. The molecule has 3 aromatic rings. The Balaban J connectivity index is 1.79. The van der Waals surface area contributed by atoms with Gasteiger partial charge in [0.05, 0.1) is 5.92 Å². The fourth-order valence-corrected chi connectivity index (χ4v) is 3.52. The Kier molecular flexibility index (Phi) is 7.11. The van der Waals surface area contributed by atoms with Crippen LogP contribution in [0.5, 0.6) is 0 Å². The predicted molar refractivity (Wildman–Crippen MR) is 120 cm³/mol. The molecule has 0 heterocycles. The SMILES string of the molecule is CC(C)C(C(=O)OC(C#N)c1cccc(Nc2ccccc2)c1)c1cccc(Cl)c1. The topological polar surface area (TPSA) is 62.1 Å². The lowest BCUT2D eigenvalue weighted by Crippen LogP contribution is -2.22. The van der Waals surface area contributed by atoms with Gasteiger partial charge in [-0.25, -0.2) is 0 Å². The van der Waals surface area contributed by atoms with Crippen LogP contribution in [0.4, 0.5) is 11.4 Å². The van der Waals surface area contributed by atoms with E-state index in [9.17, 15) is 10.1 Å². The molecule has 0 fully saturated rings. The molecular weight excluding hydrogens is 396 g/mol. The van der Waals surface area contributed by atoms with Gasteiger partial charge in [0.15, 0.2) is 0 Å². The molecule has 152 valence electrons. The van der Waals surface area contributed by atoms with Gasteiger partial charge in [-0.2, -0.15) is 5.26 Å². The fourth-order valence-electron chi connectivity index (χ4n) is 3.32. The average molecular weight is 419 g/mol. The maximum absolute atomic E-state index is 13.0. The summed E-state index contributed by atoms with van der Waals surface area (Å²) in [6.45, 7) is 3.89. The number of ether oxygens (including phenoxy) is 1. The predicted octanol–water partition coefficient (Wildman–Crippen LogP) is 6.63. The Morgan fingerprint density at radius 2 is 1.60 bits per heavy atom. The summed E-state index contributed by atoms with van der Waals surface area (Å²) >= 11 is 6.10. The number of halogens is 1. The molecule has 0 saturated heterocycles. The van der Waals surface area contributed by atoms with Crippen LogP contribution in [0.2, 0.25) is 5.02 Å². The van der Waals surface area contributed by atoms with Crippen LogP contribution < -0.4 is 5.32 Å². The largest absolute Gasteiger partial charge is 0.441 e. The standard InChI is InChI=1S/C25H23ClN2O2/c1-17(2)24(19-9-6-10-20(26)14-19)25(29)30-23(16-27)18-8-7-13-22(15-18)28-21-11-4-3-5-12-21/h3-15,17,23-24,28H,1-2H3. The molecule has 5 heteroatoms. The van der Waals surface area contributed by atoms with Crippen molar-refractivity contribution in [2.24, 2.45) is 5.92 Å². The van der Waals surface area contributed by atoms with Crippen LogP contribution in [0.3, 0.4) is 0 Å². The van der Waals surface area contributed by atoms with E-state index in [0.717, 1.165) is 16.9 Å². The number of nitriles is 1. The Bertz CT molecular complexity index is 1040. The van der Waals surface area contributed by atoms with Crippen LogP contribution in [0.1, 0.15) is 37.0 Å². The second-order valence-corrected chi connectivity index (χ2v) is 7.78. The summed E-state index contributed by atoms with van der Waals surface area (Å²) < 4.78 is 5.64. The van der Waals surface area contributed by atoms with Gasteiger partial charge in [0, 0.05) is 22.0 Å². The molecule has 0 bridgehead atoms. The van der Waals surface area contributed by atoms with Gasteiger partial charge in [-0.05, 0) is 47.9 Å². The van der Waals surface area contributed by atoms with Gasteiger partial charge in [-0.3, -0.25) is 4.79 Å². The van der Waals surface area contributed by atoms with E-state index in [1.165, 1.54) is 0 Å². The Morgan fingerprint density at radius 1 is 0.933 bits per heavy atom. The van der Waals surface area contributed by atoms with Gasteiger partial charge in [0.1, 0.15) is 6.07 Å². The molecule has 2 atom stereocenters. The minimum Gasteiger partial charge on any atom is -0.441 e. The molecule has 1 N–H and O–H groups in total. The highest BCUT2D eigenvalue weighted by molar-refractivity contribution is 6.30. The van der Waals surface area contributed by atoms with Crippen molar-refractivity contribution in [3.63, 3.8) is 0 Å². The molecule has 0 aliphatic rings. The normalized spacial score (nSPS) is 12.6. The molecule has 3 aromatic carbocycles. The number of anilines is 2. The first-order valence-electron chi connectivity index (χ1n) is 9.75. The highest BCUT2D eigenvalue weighted by Gasteiger charge is 2.29. The van der Waals surface area contributed by atoms with Crippen molar-refractivity contribution in [1.29, 1.82) is 5.26 Å². The van der Waals surface area contributed by atoms with E-state index in [4.69, 9.17) is 16.3 Å². The highest BCUT2D eigenvalue weighted by Crippen LogP contribution is 2.31. The molecule has 0 spiro atoms. The third-order valence-electron chi connectivity index (χ3n) is 4.73. The Hall–Kier alpha value is -3.29. The molecule has 0 aliphatic heterocycles. The quantitative estimate of drug-likeness (QED) is 0.437. The molecular formula is C25H23ClN2O2. The van der Waals surface area contributed by atoms with E-state index >= 15 is 0 Å². The number of hydrogen-bond acceptors (Lipinski definition) is 4.